The Kier molecular flexibility index (Phi) is 7.13. The van der Waals surface area contributed by atoms with Gasteiger partial charge in [-0.15, -0.1) is 0 Å². The van der Waals surface area contributed by atoms with E-state index in [9.17, 15) is 8.42 Å². The van der Waals surface area contributed by atoms with Crippen LogP contribution in [0.25, 0.3) is 0 Å². The van der Waals surface area contributed by atoms with Gasteiger partial charge in [0.05, 0.1) is 6.10 Å². The van der Waals surface area contributed by atoms with Gasteiger partial charge < -0.3 is 0 Å². The van der Waals surface area contributed by atoms with Gasteiger partial charge in [-0.25, -0.2) is 4.18 Å². The number of hydrogen-bond donors (Lipinski definition) is 1. The second-order valence-electron chi connectivity index (χ2n) is 3.54. The summed E-state index contributed by atoms with van der Waals surface area (Å²) in [5.41, 5.74) is 0. The van der Waals surface area contributed by atoms with E-state index in [1.54, 1.807) is 6.92 Å². The summed E-state index contributed by atoms with van der Waals surface area (Å²) in [6.45, 7) is 3.79. The van der Waals surface area contributed by atoms with E-state index >= 15 is 0 Å². The van der Waals surface area contributed by atoms with Crippen molar-refractivity contribution in [2.24, 2.45) is 0 Å². The number of rotatable bonds is 8. The van der Waals surface area contributed by atoms with Crippen LogP contribution < -0.4 is 0 Å². The monoisotopic (exact) mass is 224 g/mol. The average Bonchev–Trinajstić information content (AvgIpc) is 2.00. The van der Waals surface area contributed by atoms with Crippen molar-refractivity contribution in [2.75, 3.05) is 0 Å². The van der Waals surface area contributed by atoms with Crippen LogP contribution in [0, 0.1) is 0 Å². The van der Waals surface area contributed by atoms with Gasteiger partial charge >= 0.3 is 10.4 Å². The van der Waals surface area contributed by atoms with Gasteiger partial charge in [0, 0.05) is 0 Å². The lowest BCUT2D eigenvalue weighted by atomic mass is 10.1. The Bertz CT molecular complexity index is 223. The van der Waals surface area contributed by atoms with Crippen LogP contribution in [0.5, 0.6) is 0 Å². The largest absolute Gasteiger partial charge is 0.397 e. The average molecular weight is 224 g/mol. The lowest BCUT2D eigenvalue weighted by molar-refractivity contribution is 0.185. The molecule has 1 atom stereocenters. The number of hydrogen-bond acceptors (Lipinski definition) is 3. The van der Waals surface area contributed by atoms with Gasteiger partial charge in [-0.1, -0.05) is 39.0 Å². The van der Waals surface area contributed by atoms with Crippen LogP contribution in [0.1, 0.15) is 52.4 Å². The third-order valence-electron chi connectivity index (χ3n) is 2.00. The molecule has 0 saturated heterocycles. The Balaban J connectivity index is 3.41. The Hall–Kier alpha value is -0.130. The van der Waals surface area contributed by atoms with E-state index in [2.05, 4.69) is 11.1 Å². The van der Waals surface area contributed by atoms with Crippen molar-refractivity contribution in [3.05, 3.63) is 0 Å². The smallest absolute Gasteiger partial charge is 0.264 e. The van der Waals surface area contributed by atoms with Crippen LogP contribution in [0.2, 0.25) is 0 Å². The van der Waals surface area contributed by atoms with E-state index < -0.39 is 16.5 Å². The lowest BCUT2D eigenvalue weighted by Crippen LogP contribution is -2.14. The molecule has 0 aromatic carbocycles. The predicted octanol–water partition coefficient (Wildman–Crippen LogP) is 2.55. The van der Waals surface area contributed by atoms with Gasteiger partial charge in [-0.2, -0.15) is 8.42 Å². The van der Waals surface area contributed by atoms with Gasteiger partial charge in [-0.3, -0.25) is 4.55 Å². The molecule has 0 rings (SSSR count). The maximum atomic E-state index is 10.3. The van der Waals surface area contributed by atoms with Crippen molar-refractivity contribution in [2.45, 2.75) is 58.5 Å². The highest BCUT2D eigenvalue weighted by Crippen LogP contribution is 2.10. The summed E-state index contributed by atoms with van der Waals surface area (Å²) in [7, 11) is -4.27. The molecule has 0 aliphatic rings. The normalized spacial score (nSPS) is 14.2. The zero-order chi connectivity index (χ0) is 11.0. The SMILES string of the molecule is CCCCCCC[C@@H](C)OS(=O)(=O)O. The Morgan fingerprint density at radius 2 is 1.79 bits per heavy atom. The van der Waals surface area contributed by atoms with Crippen LogP contribution in [0.3, 0.4) is 0 Å². The fraction of sp³-hybridized carbons (Fsp3) is 1.00. The summed E-state index contributed by atoms with van der Waals surface area (Å²) in [5.74, 6) is 0. The van der Waals surface area contributed by atoms with E-state index in [0.29, 0.717) is 6.42 Å². The van der Waals surface area contributed by atoms with Crippen molar-refractivity contribution < 1.29 is 17.2 Å². The summed E-state index contributed by atoms with van der Waals surface area (Å²) in [6, 6.07) is 0. The van der Waals surface area contributed by atoms with Gasteiger partial charge in [0.2, 0.25) is 0 Å². The third-order valence-corrected chi connectivity index (χ3v) is 2.57. The fourth-order valence-electron chi connectivity index (χ4n) is 1.29. The van der Waals surface area contributed by atoms with E-state index in [1.807, 2.05) is 0 Å². The molecule has 0 aliphatic carbocycles. The van der Waals surface area contributed by atoms with Crippen LogP contribution in [0.15, 0.2) is 0 Å². The minimum atomic E-state index is -4.27. The van der Waals surface area contributed by atoms with Gasteiger partial charge in [0.15, 0.2) is 0 Å². The molecule has 0 fully saturated rings. The van der Waals surface area contributed by atoms with Gasteiger partial charge in [0.25, 0.3) is 0 Å². The first kappa shape index (κ1) is 13.9. The van der Waals surface area contributed by atoms with E-state index in [-0.39, 0.29) is 0 Å². The standard InChI is InChI=1S/C9H20O4S/c1-3-4-5-6-7-8-9(2)13-14(10,11)12/h9H,3-8H2,1-2H3,(H,10,11,12)/t9-/m1/s1. The first-order chi connectivity index (χ1) is 6.45. The molecule has 5 heteroatoms. The predicted molar refractivity (Wildman–Crippen MR) is 55.5 cm³/mol. The van der Waals surface area contributed by atoms with E-state index in [1.165, 1.54) is 19.3 Å². The van der Waals surface area contributed by atoms with Crippen LogP contribution in [-0.4, -0.2) is 19.1 Å². The highest BCUT2D eigenvalue weighted by atomic mass is 32.3. The summed E-state index contributed by atoms with van der Waals surface area (Å²) in [5, 5.41) is 0. The fourth-order valence-corrected chi connectivity index (χ4v) is 1.80. The van der Waals surface area contributed by atoms with Crippen molar-refractivity contribution in [3.8, 4) is 0 Å². The molecular weight excluding hydrogens is 204 g/mol. The topological polar surface area (TPSA) is 63.6 Å². The molecule has 14 heavy (non-hydrogen) atoms. The molecule has 0 bridgehead atoms. The van der Waals surface area contributed by atoms with E-state index in [0.717, 1.165) is 12.8 Å². The summed E-state index contributed by atoms with van der Waals surface area (Å²) >= 11 is 0. The van der Waals surface area contributed by atoms with Gasteiger partial charge in [-0.05, 0) is 13.3 Å². The zero-order valence-corrected chi connectivity index (χ0v) is 9.72. The Morgan fingerprint density at radius 1 is 1.21 bits per heavy atom. The van der Waals surface area contributed by atoms with Crippen molar-refractivity contribution in [1.82, 2.24) is 0 Å². The zero-order valence-electron chi connectivity index (χ0n) is 8.90. The van der Waals surface area contributed by atoms with Crippen molar-refractivity contribution in [1.29, 1.82) is 0 Å². The maximum absolute atomic E-state index is 10.3. The molecule has 4 nitrogen and oxygen atoms in total. The first-order valence-corrected chi connectivity index (χ1v) is 6.48. The summed E-state index contributed by atoms with van der Waals surface area (Å²) < 4.78 is 33.4. The Labute approximate surface area is 86.6 Å². The van der Waals surface area contributed by atoms with Crippen molar-refractivity contribution in [3.63, 3.8) is 0 Å². The maximum Gasteiger partial charge on any atom is 0.397 e. The molecule has 0 amide bonds. The second kappa shape index (κ2) is 7.20. The lowest BCUT2D eigenvalue weighted by Gasteiger charge is -2.09. The molecule has 0 spiro atoms. The molecule has 0 aliphatic heterocycles. The molecule has 0 aromatic heterocycles. The summed E-state index contributed by atoms with van der Waals surface area (Å²) in [6.07, 6.45) is 5.86. The van der Waals surface area contributed by atoms with E-state index in [4.69, 9.17) is 4.55 Å². The quantitative estimate of drug-likeness (QED) is 0.508. The minimum Gasteiger partial charge on any atom is -0.264 e. The number of unbranched alkanes of at least 4 members (excludes halogenated alkanes) is 4. The van der Waals surface area contributed by atoms with Crippen LogP contribution in [-0.2, 0) is 14.6 Å². The highest BCUT2D eigenvalue weighted by molar-refractivity contribution is 7.80. The summed E-state index contributed by atoms with van der Waals surface area (Å²) in [4.78, 5) is 0. The molecule has 0 radical (unpaired) electrons. The third kappa shape index (κ3) is 9.95. The molecule has 86 valence electrons. The second-order valence-corrected chi connectivity index (χ2v) is 4.59. The van der Waals surface area contributed by atoms with Crippen LogP contribution >= 0.6 is 0 Å². The van der Waals surface area contributed by atoms with Crippen molar-refractivity contribution >= 4 is 10.4 Å². The molecule has 0 aromatic rings. The molecule has 0 saturated carbocycles. The minimum absolute atomic E-state index is 0.424. The first-order valence-electron chi connectivity index (χ1n) is 5.11. The molecule has 0 unspecified atom stereocenters. The van der Waals surface area contributed by atoms with Gasteiger partial charge in [0.1, 0.15) is 0 Å². The Morgan fingerprint density at radius 3 is 2.29 bits per heavy atom. The van der Waals surface area contributed by atoms with Crippen LogP contribution in [0.4, 0.5) is 0 Å². The molecular formula is C9H20O4S. The molecule has 1 N–H and O–H groups in total. The highest BCUT2D eigenvalue weighted by Gasteiger charge is 2.11. The molecule has 0 heterocycles.